The normalized spacial score (nSPS) is 51.5. The van der Waals surface area contributed by atoms with E-state index < -0.39 is 49.0 Å². The molecule has 4 aliphatic carbocycles. The van der Waals surface area contributed by atoms with Gasteiger partial charge in [-0.15, -0.1) is 0 Å². The molecule has 5 rings (SSSR count). The predicted octanol–water partition coefficient (Wildman–Crippen LogP) is 4.32. The number of aliphatic hydroxyl groups excluding tert-OH is 5. The van der Waals surface area contributed by atoms with Crippen molar-refractivity contribution < 1.29 is 40.1 Å². The molecule has 0 amide bonds. The van der Waals surface area contributed by atoms with Gasteiger partial charge in [-0.3, -0.25) is 0 Å². The Morgan fingerprint density at radius 3 is 2.18 bits per heavy atom. The van der Waals surface area contributed by atoms with Gasteiger partial charge in [0.15, 0.2) is 6.29 Å². The Balaban J connectivity index is 1.37. The van der Waals surface area contributed by atoms with E-state index in [0.717, 1.165) is 51.4 Å². The van der Waals surface area contributed by atoms with E-state index in [4.69, 9.17) is 9.47 Å². The number of fused-ring (bicyclic) bond motifs is 5. The van der Waals surface area contributed by atoms with Gasteiger partial charge in [-0.1, -0.05) is 46.3 Å². The molecule has 15 atom stereocenters. The van der Waals surface area contributed by atoms with Crippen molar-refractivity contribution in [2.45, 2.75) is 162 Å². The van der Waals surface area contributed by atoms with Crippen LogP contribution in [0.15, 0.2) is 11.6 Å². The Morgan fingerprint density at radius 1 is 0.886 bits per heavy atom. The predicted molar refractivity (Wildman–Crippen MR) is 168 cm³/mol. The third-order valence-electron chi connectivity index (χ3n) is 14.5. The minimum absolute atomic E-state index is 0.0231. The number of hydrogen-bond acceptors (Lipinski definition) is 8. The number of ether oxygens (including phenoxy) is 2. The molecule has 5 fully saturated rings. The zero-order valence-corrected chi connectivity index (χ0v) is 28.5. The van der Waals surface area contributed by atoms with Crippen molar-refractivity contribution in [3.63, 3.8) is 0 Å². The van der Waals surface area contributed by atoms with Crippen molar-refractivity contribution in [2.75, 3.05) is 6.61 Å². The summed E-state index contributed by atoms with van der Waals surface area (Å²) in [6, 6.07) is 0. The Kier molecular flexibility index (Phi) is 9.35. The summed E-state index contributed by atoms with van der Waals surface area (Å²) in [5.41, 5.74) is 0.122. The zero-order valence-electron chi connectivity index (χ0n) is 28.5. The molecule has 44 heavy (non-hydrogen) atoms. The Bertz CT molecular complexity index is 1070. The highest BCUT2D eigenvalue weighted by molar-refractivity contribution is 5.20. The van der Waals surface area contributed by atoms with Gasteiger partial charge in [-0.25, -0.2) is 0 Å². The fourth-order valence-electron chi connectivity index (χ4n) is 11.9. The van der Waals surface area contributed by atoms with Crippen molar-refractivity contribution in [2.24, 2.45) is 45.3 Å². The van der Waals surface area contributed by atoms with Crippen molar-refractivity contribution in [1.29, 1.82) is 0 Å². The molecule has 8 unspecified atom stereocenters. The molecule has 6 N–H and O–H groups in total. The third kappa shape index (κ3) is 5.26. The van der Waals surface area contributed by atoms with Crippen LogP contribution < -0.4 is 0 Å². The summed E-state index contributed by atoms with van der Waals surface area (Å²) in [6.07, 6.45) is 3.15. The van der Waals surface area contributed by atoms with Crippen molar-refractivity contribution in [3.8, 4) is 0 Å². The van der Waals surface area contributed by atoms with Gasteiger partial charge in [0.1, 0.15) is 24.4 Å². The summed E-state index contributed by atoms with van der Waals surface area (Å²) in [5.74, 6) is 0.792. The average Bonchev–Trinajstić information content (AvgIpc) is 3.32. The van der Waals surface area contributed by atoms with Gasteiger partial charge in [0.05, 0.1) is 24.4 Å². The van der Waals surface area contributed by atoms with Crippen LogP contribution in [0.1, 0.15) is 113 Å². The maximum atomic E-state index is 12.0. The lowest BCUT2D eigenvalue weighted by molar-refractivity contribution is -0.332. The minimum Gasteiger partial charge on any atom is -0.394 e. The van der Waals surface area contributed by atoms with E-state index in [1.54, 1.807) is 0 Å². The highest BCUT2D eigenvalue weighted by Gasteiger charge is 2.71. The quantitative estimate of drug-likeness (QED) is 0.182. The standard InChI is InChI=1S/C36H62O8/c1-20(2)10-9-14-36(8,42)21-11-16-35(7)27(21)22(38)18-25-33(5)15-13-26(32(3,4)24(33)12-17-34(25,35)6)44-31-30(41)29(40)28(39)23(19-37)43-31/h10,21-31,37-42H,9,11-19H2,1-8H3/t21?,22-,23?,24?,25-,26+,27?,28?,29?,30?,31?,33+,34-,35-,36+/m1/s1. The molecule has 1 aliphatic heterocycles. The second kappa shape index (κ2) is 11.8. The monoisotopic (exact) mass is 622 g/mol. The van der Waals surface area contributed by atoms with Gasteiger partial charge in [-0.2, -0.15) is 0 Å². The zero-order chi connectivity index (χ0) is 32.6. The van der Waals surface area contributed by atoms with Crippen molar-refractivity contribution in [3.05, 3.63) is 11.6 Å². The van der Waals surface area contributed by atoms with E-state index in [2.05, 4.69) is 54.5 Å². The van der Waals surface area contributed by atoms with Gasteiger partial charge in [0.2, 0.25) is 0 Å². The molecule has 4 saturated carbocycles. The summed E-state index contributed by atoms with van der Waals surface area (Å²) >= 11 is 0. The van der Waals surface area contributed by atoms with Crippen LogP contribution in [0.5, 0.6) is 0 Å². The number of aliphatic hydroxyl groups is 6. The first-order valence-corrected chi connectivity index (χ1v) is 17.3. The SMILES string of the molecule is CC(C)=CCC[C@](C)(O)C1CC[C@]2(C)C1[C@H](O)C[C@@H]1[C@@]3(C)CC[C@H](OC4OC(CO)C(O)C(O)C4O)C(C)(C)C3CC[C@]12C. The van der Waals surface area contributed by atoms with E-state index in [1.807, 2.05) is 6.92 Å². The van der Waals surface area contributed by atoms with E-state index in [1.165, 1.54) is 5.57 Å². The van der Waals surface area contributed by atoms with Crippen molar-refractivity contribution in [1.82, 2.24) is 0 Å². The fourth-order valence-corrected chi connectivity index (χ4v) is 11.9. The molecule has 8 heteroatoms. The summed E-state index contributed by atoms with van der Waals surface area (Å²) in [6.45, 7) is 17.5. The van der Waals surface area contributed by atoms with E-state index in [-0.39, 0.29) is 39.6 Å². The summed E-state index contributed by atoms with van der Waals surface area (Å²) in [5, 5.41) is 64.8. The fraction of sp³-hybridized carbons (Fsp3) is 0.944. The van der Waals surface area contributed by atoms with Crippen LogP contribution in [0.2, 0.25) is 0 Å². The second-order valence-electron chi connectivity index (χ2n) is 17.3. The van der Waals surface area contributed by atoms with Gasteiger partial charge in [0.25, 0.3) is 0 Å². The molecule has 0 aromatic rings. The van der Waals surface area contributed by atoms with Gasteiger partial charge < -0.3 is 40.1 Å². The topological polar surface area (TPSA) is 140 Å². The Morgan fingerprint density at radius 2 is 1.55 bits per heavy atom. The molecule has 1 heterocycles. The highest BCUT2D eigenvalue weighted by atomic mass is 16.7. The summed E-state index contributed by atoms with van der Waals surface area (Å²) in [4.78, 5) is 0. The van der Waals surface area contributed by atoms with Crippen LogP contribution in [0, 0.1) is 45.3 Å². The minimum atomic E-state index is -1.46. The van der Waals surface area contributed by atoms with E-state index >= 15 is 0 Å². The molecule has 0 aromatic heterocycles. The lowest BCUT2D eigenvalue weighted by Crippen LogP contribution is -2.67. The first-order chi connectivity index (χ1) is 20.3. The molecule has 0 bridgehead atoms. The molecule has 0 spiro atoms. The number of hydrogen-bond donors (Lipinski definition) is 6. The maximum absolute atomic E-state index is 12.0. The molecule has 0 radical (unpaired) electrons. The first kappa shape index (κ1) is 34.7. The average molecular weight is 623 g/mol. The van der Waals surface area contributed by atoms with Gasteiger partial charge >= 0.3 is 0 Å². The lowest BCUT2D eigenvalue weighted by atomic mass is 9.35. The molecule has 5 aliphatic rings. The van der Waals surface area contributed by atoms with E-state index in [0.29, 0.717) is 18.3 Å². The van der Waals surface area contributed by atoms with Crippen LogP contribution >= 0.6 is 0 Å². The van der Waals surface area contributed by atoms with Crippen LogP contribution in [0.4, 0.5) is 0 Å². The highest BCUT2D eigenvalue weighted by Crippen LogP contribution is 2.76. The largest absolute Gasteiger partial charge is 0.394 e. The van der Waals surface area contributed by atoms with E-state index in [9.17, 15) is 30.6 Å². The van der Waals surface area contributed by atoms with Crippen LogP contribution in [-0.4, -0.2) is 85.8 Å². The Hall–Kier alpha value is -0.580. The second-order valence-corrected chi connectivity index (χ2v) is 17.3. The molecule has 8 nitrogen and oxygen atoms in total. The molecule has 254 valence electrons. The van der Waals surface area contributed by atoms with Crippen LogP contribution in [-0.2, 0) is 9.47 Å². The number of allylic oxidation sites excluding steroid dienone is 2. The van der Waals surface area contributed by atoms with Gasteiger partial charge in [0, 0.05) is 0 Å². The summed E-state index contributed by atoms with van der Waals surface area (Å²) in [7, 11) is 0. The maximum Gasteiger partial charge on any atom is 0.186 e. The van der Waals surface area contributed by atoms with Crippen LogP contribution in [0.3, 0.4) is 0 Å². The third-order valence-corrected chi connectivity index (χ3v) is 14.5. The summed E-state index contributed by atoms with van der Waals surface area (Å²) < 4.78 is 12.2. The first-order valence-electron chi connectivity index (χ1n) is 17.3. The smallest absolute Gasteiger partial charge is 0.186 e. The number of rotatable bonds is 7. The van der Waals surface area contributed by atoms with Gasteiger partial charge in [-0.05, 0) is 124 Å². The lowest BCUT2D eigenvalue weighted by Gasteiger charge is -2.70. The van der Waals surface area contributed by atoms with Crippen molar-refractivity contribution >= 4 is 0 Å². The molecule has 0 aromatic carbocycles. The molecular weight excluding hydrogens is 560 g/mol. The molecular formula is C36H62O8. The molecule has 1 saturated heterocycles. The van der Waals surface area contributed by atoms with Crippen LogP contribution in [0.25, 0.3) is 0 Å². The Labute approximate surface area is 265 Å².